The van der Waals surface area contributed by atoms with Gasteiger partial charge >= 0.3 is 5.97 Å². The lowest BCUT2D eigenvalue weighted by atomic mass is 10.1. The Bertz CT molecular complexity index is 453. The standard InChI is InChI=1S/C16H23NO3/c1-4-5-6-15(18)17(11-13(3)16(19)20)14-9-7-12(2)8-10-14/h7-10,13H,4-6,11H2,1-3H3,(H,19,20). The lowest BCUT2D eigenvalue weighted by Crippen LogP contribution is -2.36. The van der Waals surface area contributed by atoms with Gasteiger partial charge in [0.05, 0.1) is 5.92 Å². The van der Waals surface area contributed by atoms with E-state index in [2.05, 4.69) is 0 Å². The van der Waals surface area contributed by atoms with Gasteiger partial charge in [0.25, 0.3) is 0 Å². The number of hydrogen-bond donors (Lipinski definition) is 1. The number of carboxylic acids is 1. The van der Waals surface area contributed by atoms with Crippen LogP contribution in [0.1, 0.15) is 38.7 Å². The summed E-state index contributed by atoms with van der Waals surface area (Å²) in [6.07, 6.45) is 2.22. The lowest BCUT2D eigenvalue weighted by Gasteiger charge is -2.25. The summed E-state index contributed by atoms with van der Waals surface area (Å²) < 4.78 is 0. The molecule has 1 unspecified atom stereocenters. The number of aliphatic carboxylic acids is 1. The SMILES string of the molecule is CCCCC(=O)N(CC(C)C(=O)O)c1ccc(C)cc1. The van der Waals surface area contributed by atoms with Gasteiger partial charge in [0.2, 0.25) is 5.91 Å². The maximum absolute atomic E-state index is 12.3. The average Bonchev–Trinajstić information content (AvgIpc) is 2.42. The Morgan fingerprint density at radius 1 is 1.25 bits per heavy atom. The van der Waals surface area contributed by atoms with E-state index in [0.717, 1.165) is 24.1 Å². The highest BCUT2D eigenvalue weighted by Crippen LogP contribution is 2.19. The van der Waals surface area contributed by atoms with Crippen molar-refractivity contribution in [2.45, 2.75) is 40.0 Å². The smallest absolute Gasteiger partial charge is 0.308 e. The third kappa shape index (κ3) is 4.68. The van der Waals surface area contributed by atoms with Crippen molar-refractivity contribution in [1.82, 2.24) is 0 Å². The molecule has 0 radical (unpaired) electrons. The van der Waals surface area contributed by atoms with E-state index in [1.54, 1.807) is 11.8 Å². The number of carboxylic acid groups (broad SMARTS) is 1. The van der Waals surface area contributed by atoms with Crippen LogP contribution >= 0.6 is 0 Å². The first-order valence-electron chi connectivity index (χ1n) is 7.05. The van der Waals surface area contributed by atoms with Crippen molar-refractivity contribution in [3.8, 4) is 0 Å². The summed E-state index contributed by atoms with van der Waals surface area (Å²) in [6.45, 7) is 5.84. The summed E-state index contributed by atoms with van der Waals surface area (Å²) in [6, 6.07) is 7.60. The minimum atomic E-state index is -0.884. The minimum Gasteiger partial charge on any atom is -0.481 e. The molecular formula is C16H23NO3. The fourth-order valence-corrected chi connectivity index (χ4v) is 1.89. The largest absolute Gasteiger partial charge is 0.481 e. The fourth-order valence-electron chi connectivity index (χ4n) is 1.89. The number of unbranched alkanes of at least 4 members (excludes halogenated alkanes) is 1. The van der Waals surface area contributed by atoms with E-state index in [1.165, 1.54) is 0 Å². The number of rotatable bonds is 7. The summed E-state index contributed by atoms with van der Waals surface area (Å²) in [4.78, 5) is 24.9. The second-order valence-corrected chi connectivity index (χ2v) is 5.18. The van der Waals surface area contributed by atoms with E-state index in [1.807, 2.05) is 38.1 Å². The average molecular weight is 277 g/mol. The predicted octanol–water partition coefficient (Wildman–Crippen LogP) is 3.24. The maximum atomic E-state index is 12.3. The van der Waals surface area contributed by atoms with Crippen LogP contribution in [0.25, 0.3) is 0 Å². The van der Waals surface area contributed by atoms with E-state index in [-0.39, 0.29) is 12.5 Å². The normalized spacial score (nSPS) is 11.9. The third-order valence-corrected chi connectivity index (χ3v) is 3.27. The van der Waals surface area contributed by atoms with E-state index in [4.69, 9.17) is 5.11 Å². The van der Waals surface area contributed by atoms with Gasteiger partial charge in [-0.1, -0.05) is 38.0 Å². The van der Waals surface area contributed by atoms with E-state index in [9.17, 15) is 9.59 Å². The Balaban J connectivity index is 2.91. The first-order chi connectivity index (χ1) is 9.45. The van der Waals surface area contributed by atoms with Crippen LogP contribution in [-0.4, -0.2) is 23.5 Å². The van der Waals surface area contributed by atoms with Gasteiger partial charge in [0, 0.05) is 18.7 Å². The van der Waals surface area contributed by atoms with Crippen LogP contribution in [0.3, 0.4) is 0 Å². The highest BCUT2D eigenvalue weighted by molar-refractivity contribution is 5.94. The van der Waals surface area contributed by atoms with Gasteiger partial charge < -0.3 is 10.0 Å². The molecule has 0 saturated carbocycles. The van der Waals surface area contributed by atoms with Crippen LogP contribution < -0.4 is 4.90 Å². The molecule has 0 aliphatic heterocycles. The molecule has 0 fully saturated rings. The summed E-state index contributed by atoms with van der Waals surface area (Å²) in [5.74, 6) is -1.48. The fraction of sp³-hybridized carbons (Fsp3) is 0.500. The lowest BCUT2D eigenvalue weighted by molar-refractivity contribution is -0.140. The Labute approximate surface area is 120 Å². The zero-order valence-corrected chi connectivity index (χ0v) is 12.4. The first-order valence-corrected chi connectivity index (χ1v) is 7.05. The van der Waals surface area contributed by atoms with Crippen LogP contribution in [0.2, 0.25) is 0 Å². The van der Waals surface area contributed by atoms with Crippen LogP contribution in [0.15, 0.2) is 24.3 Å². The molecule has 1 aromatic carbocycles. The molecule has 0 saturated heterocycles. The topological polar surface area (TPSA) is 57.6 Å². The molecule has 20 heavy (non-hydrogen) atoms. The molecule has 0 aliphatic rings. The van der Waals surface area contributed by atoms with Crippen molar-refractivity contribution in [2.24, 2.45) is 5.92 Å². The summed E-state index contributed by atoms with van der Waals surface area (Å²) in [5, 5.41) is 9.04. The second kappa shape index (κ2) is 7.68. The number of anilines is 1. The van der Waals surface area contributed by atoms with Crippen molar-refractivity contribution in [3.05, 3.63) is 29.8 Å². The van der Waals surface area contributed by atoms with Crippen molar-refractivity contribution >= 4 is 17.6 Å². The van der Waals surface area contributed by atoms with Crippen LogP contribution in [0, 0.1) is 12.8 Å². The number of aryl methyl sites for hydroxylation is 1. The van der Waals surface area contributed by atoms with Crippen LogP contribution in [0.4, 0.5) is 5.69 Å². The molecule has 0 heterocycles. The molecule has 4 nitrogen and oxygen atoms in total. The van der Waals surface area contributed by atoms with Gasteiger partial charge in [-0.2, -0.15) is 0 Å². The highest BCUT2D eigenvalue weighted by Gasteiger charge is 2.21. The van der Waals surface area contributed by atoms with Crippen molar-refractivity contribution in [3.63, 3.8) is 0 Å². The van der Waals surface area contributed by atoms with E-state index < -0.39 is 11.9 Å². The Morgan fingerprint density at radius 2 is 1.85 bits per heavy atom. The van der Waals surface area contributed by atoms with Crippen molar-refractivity contribution in [2.75, 3.05) is 11.4 Å². The van der Waals surface area contributed by atoms with Gasteiger partial charge in [-0.25, -0.2) is 0 Å². The van der Waals surface area contributed by atoms with Gasteiger partial charge in [-0.3, -0.25) is 9.59 Å². The number of carbonyl (C=O) groups excluding carboxylic acids is 1. The quantitative estimate of drug-likeness (QED) is 0.832. The number of nitrogens with zero attached hydrogens (tertiary/aromatic N) is 1. The molecule has 1 N–H and O–H groups in total. The van der Waals surface area contributed by atoms with Gasteiger partial charge in [-0.05, 0) is 25.5 Å². The van der Waals surface area contributed by atoms with Gasteiger partial charge in [0.1, 0.15) is 0 Å². The zero-order valence-electron chi connectivity index (χ0n) is 12.4. The Morgan fingerprint density at radius 3 is 2.35 bits per heavy atom. The highest BCUT2D eigenvalue weighted by atomic mass is 16.4. The molecule has 4 heteroatoms. The number of amides is 1. The van der Waals surface area contributed by atoms with Crippen LogP contribution in [0.5, 0.6) is 0 Å². The molecule has 1 atom stereocenters. The molecular weight excluding hydrogens is 254 g/mol. The molecule has 1 rings (SSSR count). The number of benzene rings is 1. The predicted molar refractivity (Wildman–Crippen MR) is 79.9 cm³/mol. The maximum Gasteiger partial charge on any atom is 0.308 e. The number of carbonyl (C=O) groups is 2. The summed E-state index contributed by atoms with van der Waals surface area (Å²) in [5.41, 5.74) is 1.88. The second-order valence-electron chi connectivity index (χ2n) is 5.18. The van der Waals surface area contributed by atoms with E-state index >= 15 is 0 Å². The number of hydrogen-bond acceptors (Lipinski definition) is 2. The molecule has 1 aromatic rings. The molecule has 110 valence electrons. The van der Waals surface area contributed by atoms with Crippen molar-refractivity contribution < 1.29 is 14.7 Å². The summed E-state index contributed by atoms with van der Waals surface area (Å²) >= 11 is 0. The van der Waals surface area contributed by atoms with Gasteiger partial charge in [-0.15, -0.1) is 0 Å². The first kappa shape index (κ1) is 16.2. The van der Waals surface area contributed by atoms with Crippen molar-refractivity contribution in [1.29, 1.82) is 0 Å². The zero-order chi connectivity index (χ0) is 15.1. The Hall–Kier alpha value is -1.84. The molecule has 0 aromatic heterocycles. The van der Waals surface area contributed by atoms with Crippen LogP contribution in [-0.2, 0) is 9.59 Å². The molecule has 0 spiro atoms. The van der Waals surface area contributed by atoms with Gasteiger partial charge in [0.15, 0.2) is 0 Å². The third-order valence-electron chi connectivity index (χ3n) is 3.27. The summed E-state index contributed by atoms with van der Waals surface area (Å²) in [7, 11) is 0. The molecule has 0 aliphatic carbocycles. The molecule has 0 bridgehead atoms. The Kier molecular flexibility index (Phi) is 6.22. The minimum absolute atomic E-state index is 0.0104. The monoisotopic (exact) mass is 277 g/mol. The molecule has 1 amide bonds. The van der Waals surface area contributed by atoms with E-state index in [0.29, 0.717) is 6.42 Å².